The number of hydrogen-bond acceptors (Lipinski definition) is 3. The standard InChI is InChI=1S/C49H39N3/c1-4-43(45-23-15-12-16-33(45)3)35-26-24-34(25-27-35)40-28-41(46-31-38-21-13-14-22-39(38)32-50-46)30-42(29-40)48-44(5-2)47(36-17-8-6-9-18-36)51-49(52-48)37-19-10-7-11-20-37/h4,6-32,44,47H,1,3,5H2,2H3/b45-43+. The molecule has 8 rings (SSSR count). The molecule has 2 heterocycles. The van der Waals surface area contributed by atoms with E-state index < -0.39 is 0 Å². The highest BCUT2D eigenvalue weighted by atomic mass is 15.0. The normalized spacial score (nSPS) is 16.2. The van der Waals surface area contributed by atoms with E-state index in [0.717, 1.165) is 83.8 Å². The molecule has 0 spiro atoms. The van der Waals surface area contributed by atoms with Gasteiger partial charge in [-0.15, -0.1) is 0 Å². The molecule has 2 unspecified atom stereocenters. The topological polar surface area (TPSA) is 37.6 Å². The van der Waals surface area contributed by atoms with Crippen LogP contribution in [0.2, 0.25) is 0 Å². The number of fused-ring (bicyclic) bond motifs is 1. The zero-order valence-corrected chi connectivity index (χ0v) is 29.3. The molecule has 0 saturated heterocycles. The molecule has 52 heavy (non-hydrogen) atoms. The highest BCUT2D eigenvalue weighted by Gasteiger charge is 2.32. The Hall–Kier alpha value is -6.45. The number of amidine groups is 1. The van der Waals surface area contributed by atoms with Crippen LogP contribution in [0.15, 0.2) is 187 Å². The predicted molar refractivity (Wildman–Crippen MR) is 219 cm³/mol. The van der Waals surface area contributed by atoms with Gasteiger partial charge in [0.05, 0.1) is 17.4 Å². The van der Waals surface area contributed by atoms with E-state index in [1.807, 2.05) is 36.5 Å². The highest BCUT2D eigenvalue weighted by molar-refractivity contribution is 6.15. The molecule has 0 saturated carbocycles. The number of hydrogen-bond donors (Lipinski definition) is 0. The number of nitrogens with zero attached hydrogens (tertiary/aromatic N) is 3. The van der Waals surface area contributed by atoms with Crippen molar-refractivity contribution in [3.8, 4) is 22.4 Å². The van der Waals surface area contributed by atoms with E-state index in [4.69, 9.17) is 15.0 Å². The lowest BCUT2D eigenvalue weighted by Gasteiger charge is -2.30. The molecule has 7 aromatic rings. The molecule has 0 aliphatic carbocycles. The fourth-order valence-electron chi connectivity index (χ4n) is 7.32. The van der Waals surface area contributed by atoms with Crippen molar-refractivity contribution in [1.82, 2.24) is 4.98 Å². The quantitative estimate of drug-likeness (QED) is 0.159. The molecule has 1 aromatic heterocycles. The van der Waals surface area contributed by atoms with Crippen molar-refractivity contribution in [2.45, 2.75) is 19.4 Å². The number of pyridine rings is 1. The molecule has 6 aromatic carbocycles. The molecule has 0 amide bonds. The minimum atomic E-state index is -0.0668. The van der Waals surface area contributed by atoms with Crippen LogP contribution in [0.3, 0.4) is 0 Å². The van der Waals surface area contributed by atoms with Crippen molar-refractivity contribution in [2.75, 3.05) is 0 Å². The molecule has 1 aliphatic rings. The lowest BCUT2D eigenvalue weighted by molar-refractivity contribution is 0.532. The first-order valence-corrected chi connectivity index (χ1v) is 17.9. The minimum absolute atomic E-state index is 0.0668. The maximum Gasteiger partial charge on any atom is 0.155 e. The van der Waals surface area contributed by atoms with Gasteiger partial charge in [0.25, 0.3) is 0 Å². The van der Waals surface area contributed by atoms with Crippen LogP contribution in [0.1, 0.15) is 41.6 Å². The second-order valence-electron chi connectivity index (χ2n) is 13.3. The molecule has 1 aliphatic heterocycles. The van der Waals surface area contributed by atoms with E-state index >= 15 is 0 Å². The molecular weight excluding hydrogens is 631 g/mol. The molecule has 0 N–H and O–H groups in total. The van der Waals surface area contributed by atoms with E-state index in [1.54, 1.807) is 0 Å². The van der Waals surface area contributed by atoms with Crippen LogP contribution in [-0.2, 0) is 0 Å². The Balaban J connectivity index is 1.31. The fraction of sp³-hybridized carbons (Fsp3) is 0.0816. The lowest BCUT2D eigenvalue weighted by Crippen LogP contribution is -2.28. The summed E-state index contributed by atoms with van der Waals surface area (Å²) in [6.45, 7) is 10.6. The van der Waals surface area contributed by atoms with Crippen molar-refractivity contribution < 1.29 is 0 Å². The summed E-state index contributed by atoms with van der Waals surface area (Å²) >= 11 is 0. The molecule has 3 nitrogen and oxygen atoms in total. The summed E-state index contributed by atoms with van der Waals surface area (Å²) in [5, 5.41) is 4.34. The summed E-state index contributed by atoms with van der Waals surface area (Å²) in [6, 6.07) is 55.2. The average molecular weight is 670 g/mol. The number of allylic oxidation sites excluding steroid dienone is 1. The van der Waals surface area contributed by atoms with Crippen LogP contribution in [0.4, 0.5) is 0 Å². The van der Waals surface area contributed by atoms with Crippen LogP contribution >= 0.6 is 0 Å². The van der Waals surface area contributed by atoms with Crippen molar-refractivity contribution in [1.29, 1.82) is 0 Å². The molecule has 0 bridgehead atoms. The van der Waals surface area contributed by atoms with Gasteiger partial charge in [0.15, 0.2) is 5.84 Å². The third kappa shape index (κ3) is 6.45. The van der Waals surface area contributed by atoms with Crippen molar-refractivity contribution >= 4 is 34.5 Å². The second-order valence-corrected chi connectivity index (χ2v) is 13.3. The number of aliphatic imine (C=N–C) groups is 2. The highest BCUT2D eigenvalue weighted by Crippen LogP contribution is 2.38. The Labute approximate surface area is 305 Å². The molecule has 2 atom stereocenters. The summed E-state index contributed by atoms with van der Waals surface area (Å²) < 4.78 is 0. The Morgan fingerprint density at radius 2 is 1.29 bits per heavy atom. The van der Waals surface area contributed by atoms with Crippen LogP contribution < -0.4 is 10.4 Å². The molecule has 250 valence electrons. The maximum absolute atomic E-state index is 5.39. The van der Waals surface area contributed by atoms with Gasteiger partial charge in [-0.3, -0.25) is 9.98 Å². The summed E-state index contributed by atoms with van der Waals surface area (Å²) in [5.74, 6) is 0.838. The largest absolute Gasteiger partial charge is 0.257 e. The van der Waals surface area contributed by atoms with Crippen LogP contribution in [-0.4, -0.2) is 16.5 Å². The van der Waals surface area contributed by atoms with E-state index in [1.165, 1.54) is 5.56 Å². The van der Waals surface area contributed by atoms with Crippen molar-refractivity contribution in [3.05, 3.63) is 209 Å². The Morgan fingerprint density at radius 3 is 2.02 bits per heavy atom. The van der Waals surface area contributed by atoms with E-state index in [0.29, 0.717) is 0 Å². The van der Waals surface area contributed by atoms with Gasteiger partial charge >= 0.3 is 0 Å². The first-order valence-electron chi connectivity index (χ1n) is 17.9. The predicted octanol–water partition coefficient (Wildman–Crippen LogP) is 10.4. The molecule has 0 fully saturated rings. The second kappa shape index (κ2) is 14.4. The summed E-state index contributed by atoms with van der Waals surface area (Å²) in [7, 11) is 0. The summed E-state index contributed by atoms with van der Waals surface area (Å²) in [5.41, 5.74) is 10.7. The van der Waals surface area contributed by atoms with E-state index in [9.17, 15) is 0 Å². The number of benzene rings is 6. The Bertz CT molecular complexity index is 2580. The molecule has 0 radical (unpaired) electrons. The SMILES string of the molecule is C=C/C(c1ccc(-c2cc(C3=NC(c4ccccc4)=NC(c4ccccc4)C3CC)cc(-c3cc4ccccc4cn3)c2)cc1)=c1/ccccc1=C. The van der Waals surface area contributed by atoms with Gasteiger partial charge in [-0.05, 0) is 79.9 Å². The number of rotatable bonds is 8. The summed E-state index contributed by atoms with van der Waals surface area (Å²) in [6.07, 6.45) is 4.78. The van der Waals surface area contributed by atoms with Gasteiger partial charge in [0, 0.05) is 28.6 Å². The fourth-order valence-corrected chi connectivity index (χ4v) is 7.32. The zero-order chi connectivity index (χ0) is 35.4. The number of aromatic nitrogens is 1. The van der Waals surface area contributed by atoms with Gasteiger partial charge in [0.2, 0.25) is 0 Å². The third-order valence-corrected chi connectivity index (χ3v) is 10.0. The van der Waals surface area contributed by atoms with Gasteiger partial charge in [-0.2, -0.15) is 0 Å². The van der Waals surface area contributed by atoms with Crippen LogP contribution in [0, 0.1) is 5.92 Å². The van der Waals surface area contributed by atoms with Crippen molar-refractivity contribution in [3.63, 3.8) is 0 Å². The van der Waals surface area contributed by atoms with Crippen molar-refractivity contribution in [2.24, 2.45) is 15.9 Å². The zero-order valence-electron chi connectivity index (χ0n) is 29.3. The van der Waals surface area contributed by atoms with Gasteiger partial charge in [-0.25, -0.2) is 4.99 Å². The Kier molecular flexibility index (Phi) is 9.08. The monoisotopic (exact) mass is 669 g/mol. The smallest absolute Gasteiger partial charge is 0.155 e. The third-order valence-electron chi connectivity index (χ3n) is 10.0. The van der Waals surface area contributed by atoms with E-state index in [2.05, 4.69) is 154 Å². The van der Waals surface area contributed by atoms with Gasteiger partial charge in [0.1, 0.15) is 0 Å². The average Bonchev–Trinajstić information content (AvgIpc) is 3.22. The van der Waals surface area contributed by atoms with Crippen LogP contribution in [0.25, 0.3) is 45.3 Å². The van der Waals surface area contributed by atoms with E-state index in [-0.39, 0.29) is 12.0 Å². The van der Waals surface area contributed by atoms with Gasteiger partial charge in [-0.1, -0.05) is 160 Å². The van der Waals surface area contributed by atoms with Crippen LogP contribution in [0.5, 0.6) is 0 Å². The summed E-state index contributed by atoms with van der Waals surface area (Å²) in [4.78, 5) is 15.7. The first-order chi connectivity index (χ1) is 25.6. The van der Waals surface area contributed by atoms with Gasteiger partial charge < -0.3 is 0 Å². The Morgan fingerprint density at radius 1 is 0.635 bits per heavy atom. The molecular formula is C49H39N3. The lowest BCUT2D eigenvalue weighted by atomic mass is 9.82. The maximum atomic E-state index is 5.39. The molecule has 3 heteroatoms. The first kappa shape index (κ1) is 32.7. The minimum Gasteiger partial charge on any atom is -0.257 e.